The van der Waals surface area contributed by atoms with Crippen molar-refractivity contribution in [2.24, 2.45) is 16.6 Å². The maximum Gasteiger partial charge on any atom is 0.0199 e. The molecule has 92 valence electrons. The molecule has 0 spiro atoms. The van der Waals surface area contributed by atoms with Crippen molar-refractivity contribution < 1.29 is 0 Å². The Balaban J connectivity index is 1.99. The van der Waals surface area contributed by atoms with E-state index in [9.17, 15) is 0 Å². The van der Waals surface area contributed by atoms with Crippen molar-refractivity contribution in [3.05, 3.63) is 0 Å². The van der Waals surface area contributed by atoms with Crippen LogP contribution in [-0.2, 0) is 0 Å². The van der Waals surface area contributed by atoms with Crippen molar-refractivity contribution in [1.82, 2.24) is 9.80 Å². The minimum atomic E-state index is 0.335. The first-order valence-electron chi connectivity index (χ1n) is 6.78. The lowest BCUT2D eigenvalue weighted by Crippen LogP contribution is -2.71. The summed E-state index contributed by atoms with van der Waals surface area (Å²) >= 11 is 0. The Morgan fingerprint density at radius 2 is 1.69 bits per heavy atom. The molecule has 3 unspecified atom stereocenters. The van der Waals surface area contributed by atoms with E-state index in [4.69, 9.17) is 5.73 Å². The normalized spacial score (nSPS) is 55.3. The molecule has 16 heavy (non-hydrogen) atoms. The van der Waals surface area contributed by atoms with Gasteiger partial charge in [-0.15, -0.1) is 0 Å². The molecule has 0 aromatic heterocycles. The number of hydrogen-bond donors (Lipinski definition) is 1. The Morgan fingerprint density at radius 1 is 1.12 bits per heavy atom. The number of hydrogen-bond acceptors (Lipinski definition) is 3. The van der Waals surface area contributed by atoms with Crippen LogP contribution in [0.3, 0.4) is 0 Å². The minimum absolute atomic E-state index is 0.335. The van der Waals surface area contributed by atoms with E-state index < -0.39 is 0 Å². The standard InChI is InChI=1S/C13H25N3/c1-3-4-13-9-15-5-6-16(10-13)8-12(2,7-15)11(13)14/h11H,3-10,14H2,1-2H3. The molecule has 4 aliphatic heterocycles. The first kappa shape index (κ1) is 11.0. The van der Waals surface area contributed by atoms with Gasteiger partial charge >= 0.3 is 0 Å². The van der Waals surface area contributed by atoms with Crippen LogP contribution in [0.2, 0.25) is 0 Å². The first-order valence-corrected chi connectivity index (χ1v) is 6.78. The quantitative estimate of drug-likeness (QED) is 0.750. The van der Waals surface area contributed by atoms with Crippen molar-refractivity contribution in [3.8, 4) is 0 Å². The van der Waals surface area contributed by atoms with Crippen LogP contribution < -0.4 is 5.73 Å². The van der Waals surface area contributed by atoms with E-state index in [0.717, 1.165) is 0 Å². The van der Waals surface area contributed by atoms with E-state index in [1.807, 2.05) is 0 Å². The van der Waals surface area contributed by atoms with Gasteiger partial charge in [0.25, 0.3) is 0 Å². The van der Waals surface area contributed by atoms with E-state index in [-0.39, 0.29) is 0 Å². The zero-order valence-electron chi connectivity index (χ0n) is 10.7. The van der Waals surface area contributed by atoms with Crippen LogP contribution in [0.25, 0.3) is 0 Å². The van der Waals surface area contributed by atoms with Crippen LogP contribution in [0.4, 0.5) is 0 Å². The van der Waals surface area contributed by atoms with Gasteiger partial charge in [0.1, 0.15) is 0 Å². The fourth-order valence-corrected chi connectivity index (χ4v) is 4.67. The summed E-state index contributed by atoms with van der Waals surface area (Å²) < 4.78 is 0. The molecule has 3 heteroatoms. The smallest absolute Gasteiger partial charge is 0.0199 e. The Morgan fingerprint density at radius 3 is 2.19 bits per heavy atom. The van der Waals surface area contributed by atoms with Crippen LogP contribution in [0.15, 0.2) is 0 Å². The summed E-state index contributed by atoms with van der Waals surface area (Å²) in [6.45, 7) is 12.1. The molecular weight excluding hydrogens is 198 g/mol. The topological polar surface area (TPSA) is 32.5 Å². The average Bonchev–Trinajstić information content (AvgIpc) is 2.42. The molecule has 0 aromatic rings. The number of piperidine rings is 2. The van der Waals surface area contributed by atoms with Gasteiger partial charge in [-0.1, -0.05) is 20.3 Å². The molecule has 2 N–H and O–H groups in total. The van der Waals surface area contributed by atoms with Gasteiger partial charge in [0.2, 0.25) is 0 Å². The van der Waals surface area contributed by atoms with Gasteiger partial charge in [-0.05, 0) is 6.42 Å². The van der Waals surface area contributed by atoms with Crippen LogP contribution in [-0.4, -0.2) is 55.1 Å². The maximum atomic E-state index is 6.64. The summed E-state index contributed by atoms with van der Waals surface area (Å²) in [4.78, 5) is 5.35. The second kappa shape index (κ2) is 3.44. The highest BCUT2D eigenvalue weighted by atomic mass is 15.3. The summed E-state index contributed by atoms with van der Waals surface area (Å²) in [7, 11) is 0. The zero-order valence-corrected chi connectivity index (χ0v) is 10.7. The van der Waals surface area contributed by atoms with E-state index in [1.54, 1.807) is 0 Å². The van der Waals surface area contributed by atoms with Gasteiger partial charge in [-0.2, -0.15) is 0 Å². The molecule has 0 aliphatic carbocycles. The Labute approximate surface area is 99.0 Å². The molecule has 0 saturated carbocycles. The number of nitrogens with zero attached hydrogens (tertiary/aromatic N) is 2. The van der Waals surface area contributed by atoms with Crippen molar-refractivity contribution in [2.45, 2.75) is 32.7 Å². The average molecular weight is 223 g/mol. The molecule has 0 aromatic carbocycles. The van der Waals surface area contributed by atoms with Crippen molar-refractivity contribution in [2.75, 3.05) is 39.3 Å². The monoisotopic (exact) mass is 223 g/mol. The maximum absolute atomic E-state index is 6.64. The van der Waals surface area contributed by atoms with Crippen LogP contribution >= 0.6 is 0 Å². The molecule has 4 aliphatic rings. The van der Waals surface area contributed by atoms with Crippen molar-refractivity contribution in [1.29, 1.82) is 0 Å². The van der Waals surface area contributed by atoms with Gasteiger partial charge in [-0.25, -0.2) is 0 Å². The molecule has 4 bridgehead atoms. The van der Waals surface area contributed by atoms with Crippen LogP contribution in [0.1, 0.15) is 26.7 Å². The Hall–Kier alpha value is -0.120. The molecule has 0 amide bonds. The summed E-state index contributed by atoms with van der Waals surface area (Å²) in [5.74, 6) is 0. The number of rotatable bonds is 2. The van der Waals surface area contributed by atoms with Gasteiger partial charge in [0.05, 0.1) is 0 Å². The van der Waals surface area contributed by atoms with E-state index in [2.05, 4.69) is 23.6 Å². The fourth-order valence-electron chi connectivity index (χ4n) is 4.67. The molecule has 3 nitrogen and oxygen atoms in total. The van der Waals surface area contributed by atoms with Crippen molar-refractivity contribution in [3.63, 3.8) is 0 Å². The molecular formula is C13H25N3. The third-order valence-corrected chi connectivity index (χ3v) is 5.14. The third kappa shape index (κ3) is 1.38. The first-order chi connectivity index (χ1) is 7.58. The Bertz CT molecular complexity index is 273. The second-order valence-corrected chi connectivity index (χ2v) is 6.67. The highest BCUT2D eigenvalue weighted by Gasteiger charge is 2.57. The lowest BCUT2D eigenvalue weighted by Gasteiger charge is -2.59. The fraction of sp³-hybridized carbons (Fsp3) is 1.00. The SMILES string of the molecule is CCCC12CN3CCN(CC(C)(C3)C1N)C2. The van der Waals surface area contributed by atoms with Crippen LogP contribution in [0, 0.1) is 10.8 Å². The lowest BCUT2D eigenvalue weighted by atomic mass is 9.60. The predicted molar refractivity (Wildman–Crippen MR) is 66.3 cm³/mol. The summed E-state index contributed by atoms with van der Waals surface area (Å²) in [6.07, 6.45) is 2.57. The van der Waals surface area contributed by atoms with Gasteiger partial charge in [-0.3, -0.25) is 0 Å². The van der Waals surface area contributed by atoms with Gasteiger partial charge in [0.15, 0.2) is 0 Å². The largest absolute Gasteiger partial charge is 0.327 e. The molecule has 4 rings (SSSR count). The summed E-state index contributed by atoms with van der Waals surface area (Å²) in [5, 5.41) is 0. The molecule has 0 radical (unpaired) electrons. The van der Waals surface area contributed by atoms with Crippen molar-refractivity contribution >= 4 is 0 Å². The number of nitrogens with two attached hydrogens (primary N) is 1. The van der Waals surface area contributed by atoms with Gasteiger partial charge < -0.3 is 15.5 Å². The van der Waals surface area contributed by atoms with E-state index >= 15 is 0 Å². The Kier molecular flexibility index (Phi) is 2.36. The summed E-state index contributed by atoms with van der Waals surface area (Å²) in [5.41, 5.74) is 7.36. The van der Waals surface area contributed by atoms with E-state index in [0.29, 0.717) is 16.9 Å². The van der Waals surface area contributed by atoms with Gasteiger partial charge in [0, 0.05) is 56.1 Å². The highest BCUT2D eigenvalue weighted by molar-refractivity contribution is 5.12. The number of fused-ring (bicyclic) bond motifs is 1. The molecule has 4 fully saturated rings. The molecule has 3 atom stereocenters. The summed E-state index contributed by atoms with van der Waals surface area (Å²) in [6, 6.07) is 0.408. The minimum Gasteiger partial charge on any atom is -0.327 e. The molecule has 4 saturated heterocycles. The second-order valence-electron chi connectivity index (χ2n) is 6.67. The predicted octanol–water partition coefficient (Wildman–Crippen LogP) is 0.751. The lowest BCUT2D eigenvalue weighted by molar-refractivity contribution is -0.0735. The third-order valence-electron chi connectivity index (χ3n) is 5.14. The zero-order chi connectivity index (χ0) is 11.4. The highest BCUT2D eigenvalue weighted by Crippen LogP contribution is 2.48. The van der Waals surface area contributed by atoms with E-state index in [1.165, 1.54) is 52.1 Å². The molecule has 4 heterocycles. The van der Waals surface area contributed by atoms with Crippen LogP contribution in [0.5, 0.6) is 0 Å².